The fourth-order valence-electron chi connectivity index (χ4n) is 5.27. The average molecular weight is 335 g/mol. The highest BCUT2D eigenvalue weighted by molar-refractivity contribution is 6.10. The second-order valence-electron chi connectivity index (χ2n) is 8.04. The maximum absolute atomic E-state index is 13.3. The molecule has 2 heterocycles. The molecule has 2 bridgehead atoms. The molecule has 5 nitrogen and oxygen atoms in total. The molecule has 0 aromatic rings. The number of carbonyl (C=O) groups excluding carboxylic acids is 2. The molecule has 1 amide bonds. The van der Waals surface area contributed by atoms with E-state index in [4.69, 9.17) is 9.47 Å². The van der Waals surface area contributed by atoms with Crippen LogP contribution >= 0.6 is 0 Å². The van der Waals surface area contributed by atoms with E-state index in [9.17, 15) is 9.59 Å². The topological polar surface area (TPSA) is 55.8 Å². The molecule has 2 saturated heterocycles. The van der Waals surface area contributed by atoms with Crippen LogP contribution in [-0.4, -0.2) is 41.3 Å². The molecule has 3 rings (SSSR count). The maximum atomic E-state index is 13.3. The molecule has 0 radical (unpaired) electrons. The lowest BCUT2D eigenvalue weighted by molar-refractivity contribution is -0.180. The second kappa shape index (κ2) is 5.58. The second-order valence-corrected chi connectivity index (χ2v) is 8.04. The Morgan fingerprint density at radius 1 is 1.46 bits per heavy atom. The lowest BCUT2D eigenvalue weighted by Gasteiger charge is -2.52. The lowest BCUT2D eigenvalue weighted by Crippen LogP contribution is -2.66. The zero-order valence-corrected chi connectivity index (χ0v) is 15.3. The van der Waals surface area contributed by atoms with Gasteiger partial charge in [-0.05, 0) is 32.1 Å². The van der Waals surface area contributed by atoms with E-state index in [-0.39, 0.29) is 18.4 Å². The molecular formula is C19H29NO4. The van der Waals surface area contributed by atoms with Crippen molar-refractivity contribution in [2.75, 3.05) is 13.2 Å². The zero-order valence-electron chi connectivity index (χ0n) is 15.3. The van der Waals surface area contributed by atoms with E-state index in [2.05, 4.69) is 13.5 Å². The quantitative estimate of drug-likeness (QED) is 0.440. The number of nitrogens with zero attached hydrogens (tertiary/aromatic N) is 1. The number of fused-ring (bicyclic) bond motifs is 1. The molecule has 4 unspecified atom stereocenters. The lowest BCUT2D eigenvalue weighted by atomic mass is 9.58. The van der Waals surface area contributed by atoms with Crippen molar-refractivity contribution in [2.24, 2.45) is 17.3 Å². The van der Waals surface area contributed by atoms with E-state index in [0.717, 1.165) is 19.3 Å². The number of rotatable bonds is 5. The monoisotopic (exact) mass is 335 g/mol. The number of esters is 1. The molecular weight excluding hydrogens is 306 g/mol. The summed E-state index contributed by atoms with van der Waals surface area (Å²) in [7, 11) is 0. The Labute approximate surface area is 144 Å². The molecule has 5 heteroatoms. The van der Waals surface area contributed by atoms with Gasteiger partial charge in [-0.15, -0.1) is 6.58 Å². The summed E-state index contributed by atoms with van der Waals surface area (Å²) in [6.45, 7) is 12.5. The van der Waals surface area contributed by atoms with Crippen LogP contribution in [-0.2, 0) is 19.1 Å². The van der Waals surface area contributed by atoms with Gasteiger partial charge in [0.15, 0.2) is 0 Å². The van der Waals surface area contributed by atoms with Gasteiger partial charge in [-0.3, -0.25) is 4.79 Å². The number of ether oxygens (including phenoxy) is 2. The van der Waals surface area contributed by atoms with Gasteiger partial charge in [0.05, 0.1) is 6.61 Å². The maximum Gasteiger partial charge on any atom is 0.349 e. The minimum Gasteiger partial charge on any atom is -0.463 e. The van der Waals surface area contributed by atoms with E-state index in [0.29, 0.717) is 18.9 Å². The van der Waals surface area contributed by atoms with Crippen molar-refractivity contribution in [3.63, 3.8) is 0 Å². The van der Waals surface area contributed by atoms with Gasteiger partial charge in [0.25, 0.3) is 11.5 Å². The normalized spacial score (nSPS) is 39.7. The first-order chi connectivity index (χ1) is 11.3. The number of carbonyl (C=O) groups is 2. The third kappa shape index (κ3) is 1.91. The number of piperidine rings is 1. The highest BCUT2D eigenvalue weighted by atomic mass is 16.6. The number of amides is 1. The molecule has 0 aromatic carbocycles. The van der Waals surface area contributed by atoms with Crippen LogP contribution in [0.5, 0.6) is 0 Å². The van der Waals surface area contributed by atoms with Gasteiger partial charge in [0.1, 0.15) is 5.72 Å². The summed E-state index contributed by atoms with van der Waals surface area (Å²) in [6, 6.07) is 0. The van der Waals surface area contributed by atoms with Gasteiger partial charge >= 0.3 is 5.97 Å². The van der Waals surface area contributed by atoms with E-state index in [1.165, 1.54) is 0 Å². The Balaban J connectivity index is 2.11. The number of hydrogen-bond acceptors (Lipinski definition) is 4. The zero-order chi connectivity index (χ0) is 17.8. The SMILES string of the molecule is C=CCCN1C(=O)C2(C(=O)OCC)OC13CC(C)CCC3C2(C)C. The van der Waals surface area contributed by atoms with Crippen molar-refractivity contribution < 1.29 is 19.1 Å². The summed E-state index contributed by atoms with van der Waals surface area (Å²) in [5.74, 6) is -0.138. The molecule has 134 valence electrons. The summed E-state index contributed by atoms with van der Waals surface area (Å²) in [5, 5.41) is 0. The predicted molar refractivity (Wildman–Crippen MR) is 90.0 cm³/mol. The van der Waals surface area contributed by atoms with Crippen LogP contribution in [0.2, 0.25) is 0 Å². The largest absolute Gasteiger partial charge is 0.463 e. The van der Waals surface area contributed by atoms with Crippen molar-refractivity contribution in [2.45, 2.75) is 64.7 Å². The number of likely N-dealkylation sites (tertiary alicyclic amines) is 1. The van der Waals surface area contributed by atoms with E-state index < -0.39 is 22.7 Å². The van der Waals surface area contributed by atoms with Gasteiger partial charge in [0.2, 0.25) is 0 Å². The molecule has 1 spiro atoms. The third-order valence-electron chi connectivity index (χ3n) is 6.36. The molecule has 4 atom stereocenters. The summed E-state index contributed by atoms with van der Waals surface area (Å²) in [6.07, 6.45) is 5.34. The Bertz CT molecular complexity index is 572. The molecule has 1 saturated carbocycles. The van der Waals surface area contributed by atoms with Crippen molar-refractivity contribution in [3.05, 3.63) is 12.7 Å². The Kier molecular flexibility index (Phi) is 4.06. The summed E-state index contributed by atoms with van der Waals surface area (Å²) < 4.78 is 11.7. The summed E-state index contributed by atoms with van der Waals surface area (Å²) in [5.41, 5.74) is -2.74. The predicted octanol–water partition coefficient (Wildman–Crippen LogP) is 2.90. The third-order valence-corrected chi connectivity index (χ3v) is 6.36. The van der Waals surface area contributed by atoms with Crippen molar-refractivity contribution in [1.29, 1.82) is 0 Å². The molecule has 2 aliphatic heterocycles. The smallest absolute Gasteiger partial charge is 0.349 e. The van der Waals surface area contributed by atoms with Crippen LogP contribution in [0.1, 0.15) is 53.4 Å². The average Bonchev–Trinajstić information content (AvgIpc) is 2.87. The summed E-state index contributed by atoms with van der Waals surface area (Å²) in [4.78, 5) is 28.0. The van der Waals surface area contributed by atoms with Crippen molar-refractivity contribution >= 4 is 11.9 Å². The highest BCUT2D eigenvalue weighted by Crippen LogP contribution is 2.67. The summed E-state index contributed by atoms with van der Waals surface area (Å²) >= 11 is 0. The van der Waals surface area contributed by atoms with Gasteiger partial charge < -0.3 is 14.4 Å². The molecule has 0 N–H and O–H groups in total. The molecule has 3 aliphatic rings. The molecule has 1 aliphatic carbocycles. The van der Waals surface area contributed by atoms with Gasteiger partial charge in [-0.2, -0.15) is 0 Å². The van der Waals surface area contributed by atoms with Gasteiger partial charge in [-0.1, -0.05) is 33.3 Å². The van der Waals surface area contributed by atoms with E-state index in [1.54, 1.807) is 13.0 Å². The molecule has 24 heavy (non-hydrogen) atoms. The molecule has 3 fully saturated rings. The van der Waals surface area contributed by atoms with Gasteiger partial charge in [0, 0.05) is 17.9 Å². The van der Waals surface area contributed by atoms with Crippen LogP contribution in [0.3, 0.4) is 0 Å². The first kappa shape index (κ1) is 17.5. The first-order valence-electron chi connectivity index (χ1n) is 9.08. The van der Waals surface area contributed by atoms with Crippen LogP contribution in [0.25, 0.3) is 0 Å². The Morgan fingerprint density at radius 3 is 2.79 bits per heavy atom. The fraction of sp³-hybridized carbons (Fsp3) is 0.789. The van der Waals surface area contributed by atoms with Crippen LogP contribution in [0, 0.1) is 17.3 Å². The first-order valence-corrected chi connectivity index (χ1v) is 9.08. The van der Waals surface area contributed by atoms with E-state index in [1.807, 2.05) is 18.7 Å². The standard InChI is InChI=1S/C19H29NO4/c1-6-8-11-20-15(21)19(16(22)23-7-2)17(4,5)14-10-9-13(3)12-18(14,20)24-19/h6,13-14H,1,7-12H2,2-5H3. The van der Waals surface area contributed by atoms with Crippen LogP contribution < -0.4 is 0 Å². The Hall–Kier alpha value is -1.36. The van der Waals surface area contributed by atoms with E-state index >= 15 is 0 Å². The molecule has 0 aromatic heterocycles. The van der Waals surface area contributed by atoms with Crippen molar-refractivity contribution in [3.8, 4) is 0 Å². The Morgan fingerprint density at radius 2 is 2.17 bits per heavy atom. The highest BCUT2D eigenvalue weighted by Gasteiger charge is 2.82. The minimum absolute atomic E-state index is 0.146. The number of hydrogen-bond donors (Lipinski definition) is 0. The fourth-order valence-corrected chi connectivity index (χ4v) is 5.27. The minimum atomic E-state index is -1.50. The van der Waals surface area contributed by atoms with Crippen LogP contribution in [0.4, 0.5) is 0 Å². The van der Waals surface area contributed by atoms with Gasteiger partial charge in [-0.25, -0.2) is 4.79 Å². The van der Waals surface area contributed by atoms with Crippen LogP contribution in [0.15, 0.2) is 12.7 Å². The van der Waals surface area contributed by atoms with Crippen molar-refractivity contribution in [1.82, 2.24) is 4.90 Å².